The molecular formula is C13H29N3O3S. The average molecular weight is 307 g/mol. The van der Waals surface area contributed by atoms with Crippen LogP contribution in [0.2, 0.25) is 0 Å². The molecule has 20 heavy (non-hydrogen) atoms. The molecule has 1 rings (SSSR count). The van der Waals surface area contributed by atoms with Gasteiger partial charge in [-0.1, -0.05) is 13.8 Å². The van der Waals surface area contributed by atoms with Crippen molar-refractivity contribution in [3.8, 4) is 0 Å². The third-order valence-corrected chi connectivity index (χ3v) is 5.64. The summed E-state index contributed by atoms with van der Waals surface area (Å²) in [5.74, 6) is 0. The lowest BCUT2D eigenvalue weighted by atomic mass is 10.1. The average Bonchev–Trinajstić information content (AvgIpc) is 2.43. The Balaban J connectivity index is 2.39. The Morgan fingerprint density at radius 1 is 1.35 bits per heavy atom. The van der Waals surface area contributed by atoms with E-state index in [9.17, 15) is 8.42 Å². The van der Waals surface area contributed by atoms with Gasteiger partial charge < -0.3 is 10.1 Å². The number of methoxy groups -OCH3 is 1. The van der Waals surface area contributed by atoms with E-state index in [1.54, 1.807) is 18.5 Å². The van der Waals surface area contributed by atoms with E-state index in [1.165, 1.54) is 4.31 Å². The Morgan fingerprint density at radius 2 is 1.95 bits per heavy atom. The summed E-state index contributed by atoms with van der Waals surface area (Å²) in [5.41, 5.74) is 0. The molecule has 0 unspecified atom stereocenters. The molecule has 6 nitrogen and oxygen atoms in total. The van der Waals surface area contributed by atoms with Crippen LogP contribution >= 0.6 is 0 Å². The zero-order valence-corrected chi connectivity index (χ0v) is 13.9. The molecule has 1 N–H and O–H groups in total. The van der Waals surface area contributed by atoms with Crippen molar-refractivity contribution < 1.29 is 13.2 Å². The van der Waals surface area contributed by atoms with Gasteiger partial charge in [-0.2, -0.15) is 17.0 Å². The lowest BCUT2D eigenvalue weighted by Crippen LogP contribution is -2.47. The van der Waals surface area contributed by atoms with Crippen LogP contribution in [0.1, 0.15) is 33.1 Å². The first-order valence-electron chi connectivity index (χ1n) is 7.35. The molecule has 0 spiro atoms. The molecule has 0 atom stereocenters. The maximum atomic E-state index is 12.4. The minimum Gasteiger partial charge on any atom is -0.381 e. The molecule has 0 aliphatic carbocycles. The van der Waals surface area contributed by atoms with Gasteiger partial charge in [0.15, 0.2) is 0 Å². The molecule has 0 bridgehead atoms. The highest BCUT2D eigenvalue weighted by Gasteiger charge is 2.30. The first-order valence-corrected chi connectivity index (χ1v) is 8.75. The van der Waals surface area contributed by atoms with E-state index in [1.807, 2.05) is 0 Å². The maximum absolute atomic E-state index is 12.4. The van der Waals surface area contributed by atoms with Gasteiger partial charge in [0.1, 0.15) is 0 Å². The fraction of sp³-hybridized carbons (Fsp3) is 1.00. The van der Waals surface area contributed by atoms with Gasteiger partial charge in [-0.3, -0.25) is 0 Å². The van der Waals surface area contributed by atoms with Gasteiger partial charge >= 0.3 is 0 Å². The van der Waals surface area contributed by atoms with E-state index in [0.717, 1.165) is 25.8 Å². The van der Waals surface area contributed by atoms with Crippen LogP contribution in [0, 0.1) is 0 Å². The zero-order chi connectivity index (χ0) is 15.2. The molecule has 1 aliphatic heterocycles. The standard InChI is InChI=1S/C13H29N3O3S/c1-12(2)14-8-5-9-15(3)20(17,18)16-10-6-13(19-4)7-11-16/h12-14H,5-11H2,1-4H3. The predicted octanol–water partition coefficient (Wildman–Crippen LogP) is 0.662. The van der Waals surface area contributed by atoms with Crippen LogP contribution in [0.25, 0.3) is 0 Å². The molecule has 0 amide bonds. The normalized spacial score (nSPS) is 19.1. The number of piperidine rings is 1. The SMILES string of the molecule is COC1CCN(S(=O)(=O)N(C)CCCNC(C)C)CC1. The Bertz CT molecular complexity index is 365. The lowest BCUT2D eigenvalue weighted by Gasteiger charge is -2.33. The molecule has 120 valence electrons. The van der Waals surface area contributed by atoms with Crippen molar-refractivity contribution in [1.29, 1.82) is 0 Å². The summed E-state index contributed by atoms with van der Waals surface area (Å²) in [6.07, 6.45) is 2.57. The third kappa shape index (κ3) is 5.29. The maximum Gasteiger partial charge on any atom is 0.281 e. The number of hydrogen-bond acceptors (Lipinski definition) is 4. The number of nitrogens with zero attached hydrogens (tertiary/aromatic N) is 2. The van der Waals surface area contributed by atoms with Crippen molar-refractivity contribution in [2.75, 3.05) is 40.3 Å². The van der Waals surface area contributed by atoms with Crippen molar-refractivity contribution in [2.45, 2.75) is 45.3 Å². The quantitative estimate of drug-likeness (QED) is 0.669. The van der Waals surface area contributed by atoms with Gasteiger partial charge in [-0.05, 0) is 25.8 Å². The molecule has 0 saturated carbocycles. The number of ether oxygens (including phenoxy) is 1. The summed E-state index contributed by atoms with van der Waals surface area (Å²) in [5, 5.41) is 3.29. The van der Waals surface area contributed by atoms with Crippen LogP contribution in [0.4, 0.5) is 0 Å². The van der Waals surface area contributed by atoms with Gasteiger partial charge in [-0.25, -0.2) is 0 Å². The highest BCUT2D eigenvalue weighted by molar-refractivity contribution is 7.86. The number of nitrogens with one attached hydrogen (secondary N) is 1. The summed E-state index contributed by atoms with van der Waals surface area (Å²) in [6, 6.07) is 0.435. The van der Waals surface area contributed by atoms with Gasteiger partial charge in [0.05, 0.1) is 6.10 Å². The molecule has 0 aromatic heterocycles. The molecule has 0 aromatic rings. The smallest absolute Gasteiger partial charge is 0.281 e. The molecule has 1 fully saturated rings. The Hall–Kier alpha value is -0.210. The van der Waals surface area contributed by atoms with Crippen LogP contribution in [0.15, 0.2) is 0 Å². The fourth-order valence-electron chi connectivity index (χ4n) is 2.30. The largest absolute Gasteiger partial charge is 0.381 e. The van der Waals surface area contributed by atoms with Crippen molar-refractivity contribution in [2.24, 2.45) is 0 Å². The second kappa shape index (κ2) is 8.29. The van der Waals surface area contributed by atoms with E-state index in [0.29, 0.717) is 25.7 Å². The van der Waals surface area contributed by atoms with Crippen molar-refractivity contribution in [1.82, 2.24) is 13.9 Å². The Morgan fingerprint density at radius 3 is 2.45 bits per heavy atom. The highest BCUT2D eigenvalue weighted by Crippen LogP contribution is 2.17. The van der Waals surface area contributed by atoms with Crippen LogP contribution in [-0.2, 0) is 14.9 Å². The second-order valence-corrected chi connectivity index (χ2v) is 7.66. The van der Waals surface area contributed by atoms with Gasteiger partial charge in [0.2, 0.25) is 0 Å². The molecule has 1 aliphatic rings. The van der Waals surface area contributed by atoms with Crippen molar-refractivity contribution in [3.05, 3.63) is 0 Å². The second-order valence-electron chi connectivity index (χ2n) is 5.63. The van der Waals surface area contributed by atoms with E-state index < -0.39 is 10.2 Å². The van der Waals surface area contributed by atoms with Crippen LogP contribution in [0.3, 0.4) is 0 Å². The van der Waals surface area contributed by atoms with Gasteiger partial charge in [0.25, 0.3) is 10.2 Å². The third-order valence-electron chi connectivity index (χ3n) is 3.66. The zero-order valence-electron chi connectivity index (χ0n) is 13.1. The molecule has 0 radical (unpaired) electrons. The molecule has 1 saturated heterocycles. The summed E-state index contributed by atoms with van der Waals surface area (Å²) in [6.45, 7) is 6.65. The molecular weight excluding hydrogens is 278 g/mol. The number of rotatable bonds is 8. The predicted molar refractivity (Wildman–Crippen MR) is 80.9 cm³/mol. The van der Waals surface area contributed by atoms with E-state index >= 15 is 0 Å². The summed E-state index contributed by atoms with van der Waals surface area (Å²) >= 11 is 0. The van der Waals surface area contributed by atoms with Crippen LogP contribution in [-0.4, -0.2) is 69.5 Å². The minimum atomic E-state index is -3.31. The number of hydrogen-bond donors (Lipinski definition) is 1. The van der Waals surface area contributed by atoms with Gasteiger partial charge in [0, 0.05) is 39.8 Å². The van der Waals surface area contributed by atoms with Crippen molar-refractivity contribution in [3.63, 3.8) is 0 Å². The van der Waals surface area contributed by atoms with E-state index in [4.69, 9.17) is 4.74 Å². The van der Waals surface area contributed by atoms with Gasteiger partial charge in [-0.15, -0.1) is 0 Å². The Labute approximate surface area is 123 Å². The lowest BCUT2D eigenvalue weighted by molar-refractivity contribution is 0.0593. The highest BCUT2D eigenvalue weighted by atomic mass is 32.2. The molecule has 7 heteroatoms. The summed E-state index contributed by atoms with van der Waals surface area (Å²) in [4.78, 5) is 0. The van der Waals surface area contributed by atoms with E-state index in [2.05, 4.69) is 19.2 Å². The van der Waals surface area contributed by atoms with Crippen LogP contribution in [0.5, 0.6) is 0 Å². The summed E-state index contributed by atoms with van der Waals surface area (Å²) < 4.78 is 33.1. The minimum absolute atomic E-state index is 0.196. The fourth-order valence-corrected chi connectivity index (χ4v) is 3.73. The van der Waals surface area contributed by atoms with Crippen LogP contribution < -0.4 is 5.32 Å². The first-order chi connectivity index (χ1) is 9.37. The topological polar surface area (TPSA) is 61.9 Å². The summed E-state index contributed by atoms with van der Waals surface area (Å²) in [7, 11) is 0.0320. The first kappa shape index (κ1) is 17.8. The van der Waals surface area contributed by atoms with Crippen molar-refractivity contribution >= 4 is 10.2 Å². The molecule has 0 aromatic carbocycles. The monoisotopic (exact) mass is 307 g/mol. The Kier molecular flexibility index (Phi) is 7.39. The molecule has 1 heterocycles. The van der Waals surface area contributed by atoms with E-state index in [-0.39, 0.29) is 6.10 Å².